The van der Waals surface area contributed by atoms with Gasteiger partial charge in [0.05, 0.1) is 5.69 Å². The van der Waals surface area contributed by atoms with Crippen molar-refractivity contribution in [1.29, 1.82) is 0 Å². The summed E-state index contributed by atoms with van der Waals surface area (Å²) in [5, 5.41) is 11.4. The number of carbonyl (C=O) groups is 1. The quantitative estimate of drug-likeness (QED) is 0.691. The second kappa shape index (κ2) is 6.79. The van der Waals surface area contributed by atoms with Gasteiger partial charge in [0, 0.05) is 29.4 Å². The van der Waals surface area contributed by atoms with Crippen LogP contribution in [-0.2, 0) is 10.3 Å². The third kappa shape index (κ3) is 2.68. The number of anilines is 1. The van der Waals surface area contributed by atoms with E-state index >= 15 is 0 Å². The Balaban J connectivity index is 1.73. The molecule has 4 heterocycles. The maximum Gasteiger partial charge on any atom is 0.254 e. The highest BCUT2D eigenvalue weighted by Crippen LogP contribution is 2.48. The van der Waals surface area contributed by atoms with Gasteiger partial charge in [0.1, 0.15) is 5.76 Å². The van der Waals surface area contributed by atoms with E-state index in [0.29, 0.717) is 6.54 Å². The number of rotatable bonds is 3. The van der Waals surface area contributed by atoms with Crippen molar-refractivity contribution in [2.45, 2.75) is 38.3 Å². The van der Waals surface area contributed by atoms with Gasteiger partial charge in [-0.25, -0.2) is 0 Å². The van der Waals surface area contributed by atoms with Crippen LogP contribution in [0, 0.1) is 13.8 Å². The van der Waals surface area contributed by atoms with Crippen LogP contribution in [-0.4, -0.2) is 35.1 Å². The monoisotopic (exact) mass is 408 g/mol. The number of likely N-dealkylation sites (tertiary alicyclic amines) is 1. The van der Waals surface area contributed by atoms with Crippen molar-refractivity contribution in [2.24, 2.45) is 5.73 Å². The molecule has 29 heavy (non-hydrogen) atoms. The van der Waals surface area contributed by atoms with Crippen molar-refractivity contribution < 1.29 is 9.32 Å². The molecule has 5 rings (SSSR count). The molecule has 0 aliphatic carbocycles. The number of amides is 1. The smallest absolute Gasteiger partial charge is 0.254 e. The first-order valence-electron chi connectivity index (χ1n) is 9.94. The third-order valence-electron chi connectivity index (χ3n) is 6.18. The fourth-order valence-electron chi connectivity index (χ4n) is 4.91. The number of nitrogens with zero attached hydrogens (tertiary/aromatic N) is 2. The normalized spacial score (nSPS) is 24.5. The highest BCUT2D eigenvalue weighted by molar-refractivity contribution is 7.08. The number of aromatic nitrogens is 1. The van der Waals surface area contributed by atoms with Gasteiger partial charge in [0.15, 0.2) is 5.54 Å². The van der Waals surface area contributed by atoms with E-state index in [2.05, 4.69) is 32.9 Å². The molecule has 2 aliphatic heterocycles. The van der Waals surface area contributed by atoms with Crippen molar-refractivity contribution in [2.75, 3.05) is 18.4 Å². The number of benzene rings is 1. The maximum atomic E-state index is 13.6. The van der Waals surface area contributed by atoms with E-state index in [4.69, 9.17) is 10.3 Å². The zero-order chi connectivity index (χ0) is 20.2. The zero-order valence-electron chi connectivity index (χ0n) is 16.6. The predicted molar refractivity (Wildman–Crippen MR) is 114 cm³/mol. The Hall–Kier alpha value is -2.48. The number of hydrogen-bond donors (Lipinski definition) is 2. The molecular formula is C22H24N4O2S. The molecule has 1 aromatic carbocycles. The average molecular weight is 409 g/mol. The van der Waals surface area contributed by atoms with Gasteiger partial charge < -0.3 is 15.6 Å². The summed E-state index contributed by atoms with van der Waals surface area (Å²) in [6, 6.07) is 8.27. The Kier molecular flexibility index (Phi) is 4.34. The fourth-order valence-corrected chi connectivity index (χ4v) is 5.61. The van der Waals surface area contributed by atoms with E-state index in [1.165, 1.54) is 0 Å². The van der Waals surface area contributed by atoms with E-state index in [0.717, 1.165) is 58.8 Å². The summed E-state index contributed by atoms with van der Waals surface area (Å²) in [7, 11) is 0. The van der Waals surface area contributed by atoms with E-state index in [-0.39, 0.29) is 11.9 Å². The first-order valence-corrected chi connectivity index (χ1v) is 10.9. The highest BCUT2D eigenvalue weighted by Gasteiger charge is 2.53. The van der Waals surface area contributed by atoms with Gasteiger partial charge in [-0.1, -0.05) is 11.2 Å². The molecule has 0 bridgehead atoms. The second-order valence-electron chi connectivity index (χ2n) is 7.98. The minimum atomic E-state index is -0.859. The number of nitrogens with two attached hydrogens (primary N) is 1. The molecule has 150 valence electrons. The van der Waals surface area contributed by atoms with Crippen molar-refractivity contribution in [3.63, 3.8) is 0 Å². The molecular weight excluding hydrogens is 384 g/mol. The molecule has 7 heteroatoms. The van der Waals surface area contributed by atoms with Crippen LogP contribution in [0.4, 0.5) is 5.69 Å². The Morgan fingerprint density at radius 2 is 2.21 bits per heavy atom. The molecule has 1 fully saturated rings. The van der Waals surface area contributed by atoms with Gasteiger partial charge >= 0.3 is 0 Å². The van der Waals surface area contributed by atoms with Gasteiger partial charge in [0.2, 0.25) is 0 Å². The lowest BCUT2D eigenvalue weighted by Crippen LogP contribution is -2.57. The summed E-state index contributed by atoms with van der Waals surface area (Å²) in [5.41, 5.74) is 11.2. The molecule has 1 saturated heterocycles. The van der Waals surface area contributed by atoms with Gasteiger partial charge in [-0.05, 0) is 73.3 Å². The van der Waals surface area contributed by atoms with Gasteiger partial charge in [-0.2, -0.15) is 11.3 Å². The summed E-state index contributed by atoms with van der Waals surface area (Å²) in [6.07, 6.45) is 1.98. The van der Waals surface area contributed by atoms with E-state index in [1.54, 1.807) is 11.3 Å². The topological polar surface area (TPSA) is 84.4 Å². The Morgan fingerprint density at radius 1 is 1.34 bits per heavy atom. The molecule has 2 atom stereocenters. The molecule has 0 spiro atoms. The van der Waals surface area contributed by atoms with Gasteiger partial charge in [0.25, 0.3) is 5.91 Å². The van der Waals surface area contributed by atoms with Gasteiger partial charge in [-0.15, -0.1) is 0 Å². The number of thiophene rings is 1. The van der Waals surface area contributed by atoms with Crippen LogP contribution in [0.5, 0.6) is 0 Å². The number of carbonyl (C=O) groups excluding carboxylic acids is 1. The Labute approximate surface area is 173 Å². The van der Waals surface area contributed by atoms with Crippen LogP contribution in [0.25, 0.3) is 11.1 Å². The van der Waals surface area contributed by atoms with E-state index < -0.39 is 5.54 Å². The lowest BCUT2D eigenvalue weighted by molar-refractivity contribution is -0.126. The molecule has 6 nitrogen and oxygen atoms in total. The van der Waals surface area contributed by atoms with Crippen LogP contribution >= 0.6 is 11.3 Å². The molecule has 3 N–H and O–H groups in total. The number of nitrogens with one attached hydrogen (secondary N) is 1. The predicted octanol–water partition coefficient (Wildman–Crippen LogP) is 3.64. The summed E-state index contributed by atoms with van der Waals surface area (Å²) in [5.74, 6) is 0.775. The Morgan fingerprint density at radius 3 is 2.90 bits per heavy atom. The number of piperidine rings is 1. The summed E-state index contributed by atoms with van der Waals surface area (Å²) >= 11 is 1.61. The van der Waals surface area contributed by atoms with Crippen molar-refractivity contribution in [3.8, 4) is 11.1 Å². The van der Waals surface area contributed by atoms with Crippen LogP contribution in [0.1, 0.15) is 35.4 Å². The fraction of sp³-hybridized carbons (Fsp3) is 0.364. The van der Waals surface area contributed by atoms with E-state index in [9.17, 15) is 4.79 Å². The maximum absolute atomic E-state index is 13.6. The minimum Gasteiger partial charge on any atom is -0.361 e. The summed E-state index contributed by atoms with van der Waals surface area (Å²) < 4.78 is 5.39. The third-order valence-corrected chi connectivity index (χ3v) is 6.86. The number of fused-ring (bicyclic) bond motifs is 1. The molecule has 0 radical (unpaired) electrons. The number of hydrogen-bond acceptors (Lipinski definition) is 6. The van der Waals surface area contributed by atoms with Crippen molar-refractivity contribution in [3.05, 3.63) is 57.6 Å². The average Bonchev–Trinajstić information content (AvgIpc) is 3.40. The minimum absolute atomic E-state index is 0.00378. The summed E-state index contributed by atoms with van der Waals surface area (Å²) in [6.45, 7) is 5.39. The van der Waals surface area contributed by atoms with Crippen LogP contribution in [0.2, 0.25) is 0 Å². The standard InChI is InChI=1S/C22H24N4O2S/c1-13-20(14(2)28-25-13)15-5-6-19-18(10-15)22(21(27)24-19,16-7-9-29-12-16)26-8-3-4-17(23)11-26/h5-7,9-10,12,17H,3-4,8,11,23H2,1-2H3,(H,24,27)/t17-,22?/m1/s1. The second-order valence-corrected chi connectivity index (χ2v) is 8.76. The largest absolute Gasteiger partial charge is 0.361 e. The Bertz CT molecular complexity index is 1060. The zero-order valence-corrected chi connectivity index (χ0v) is 17.4. The molecule has 3 aromatic rings. The first kappa shape index (κ1) is 18.5. The van der Waals surface area contributed by atoms with Crippen LogP contribution < -0.4 is 11.1 Å². The first-order chi connectivity index (χ1) is 14.0. The molecule has 0 saturated carbocycles. The molecule has 2 aliphatic rings. The number of aryl methyl sites for hydroxylation is 2. The lowest BCUT2D eigenvalue weighted by atomic mass is 9.81. The van der Waals surface area contributed by atoms with Crippen molar-refractivity contribution in [1.82, 2.24) is 10.1 Å². The molecule has 1 amide bonds. The van der Waals surface area contributed by atoms with Crippen molar-refractivity contribution >= 4 is 22.9 Å². The van der Waals surface area contributed by atoms with E-state index in [1.807, 2.05) is 31.4 Å². The van der Waals surface area contributed by atoms with Crippen LogP contribution in [0.15, 0.2) is 39.5 Å². The summed E-state index contributed by atoms with van der Waals surface area (Å²) in [4.78, 5) is 15.8. The SMILES string of the molecule is Cc1noc(C)c1-c1ccc2c(c1)C(c1ccsc1)(N1CCC[C@@H](N)C1)C(=O)N2. The van der Waals surface area contributed by atoms with Gasteiger partial charge in [-0.3, -0.25) is 9.69 Å². The molecule has 2 aromatic heterocycles. The molecule has 1 unspecified atom stereocenters. The van der Waals surface area contributed by atoms with Crippen LogP contribution in [0.3, 0.4) is 0 Å². The lowest BCUT2D eigenvalue weighted by Gasteiger charge is -2.43. The highest BCUT2D eigenvalue weighted by atomic mass is 32.1.